The van der Waals surface area contributed by atoms with Crippen LogP contribution in [0.4, 0.5) is 0 Å². The Labute approximate surface area is 61.8 Å². The molecule has 3 heteroatoms. The Morgan fingerprint density at radius 1 is 1.56 bits per heavy atom. The van der Waals surface area contributed by atoms with Gasteiger partial charge in [-0.05, 0) is 6.42 Å². The highest BCUT2D eigenvalue weighted by atomic mass is 35.5. The minimum atomic E-state index is -0.169. The molecule has 0 heterocycles. The van der Waals surface area contributed by atoms with Crippen molar-refractivity contribution in [2.75, 3.05) is 0 Å². The Bertz CT molecular complexity index is 95.2. The SMILES string of the molecule is CC1(C)C(N)CC1O.Cl. The van der Waals surface area contributed by atoms with E-state index in [-0.39, 0.29) is 30.0 Å². The minimum Gasteiger partial charge on any atom is -0.392 e. The second-order valence-electron chi connectivity index (χ2n) is 3.18. The normalized spacial score (nSPS) is 38.7. The molecule has 0 aliphatic heterocycles. The van der Waals surface area contributed by atoms with Crippen LogP contribution in [0.15, 0.2) is 0 Å². The fraction of sp³-hybridized carbons (Fsp3) is 1.00. The molecule has 1 saturated carbocycles. The van der Waals surface area contributed by atoms with Crippen molar-refractivity contribution in [1.82, 2.24) is 0 Å². The summed E-state index contributed by atoms with van der Waals surface area (Å²) in [6.07, 6.45) is 0.602. The van der Waals surface area contributed by atoms with E-state index in [2.05, 4.69) is 0 Å². The molecule has 0 spiro atoms. The van der Waals surface area contributed by atoms with Gasteiger partial charge in [0.25, 0.3) is 0 Å². The van der Waals surface area contributed by atoms with Crippen molar-refractivity contribution in [2.24, 2.45) is 11.1 Å². The summed E-state index contributed by atoms with van der Waals surface area (Å²) in [5.41, 5.74) is 5.56. The molecule has 2 unspecified atom stereocenters. The van der Waals surface area contributed by atoms with Crippen LogP contribution in [0.1, 0.15) is 20.3 Å². The van der Waals surface area contributed by atoms with Gasteiger partial charge in [0, 0.05) is 11.5 Å². The highest BCUT2D eigenvalue weighted by molar-refractivity contribution is 5.85. The van der Waals surface area contributed by atoms with Gasteiger partial charge in [-0.25, -0.2) is 0 Å². The molecule has 3 N–H and O–H groups in total. The second-order valence-corrected chi connectivity index (χ2v) is 3.18. The third-order valence-electron chi connectivity index (χ3n) is 2.29. The van der Waals surface area contributed by atoms with E-state index in [1.807, 2.05) is 13.8 Å². The van der Waals surface area contributed by atoms with Gasteiger partial charge in [0.15, 0.2) is 0 Å². The fourth-order valence-corrected chi connectivity index (χ4v) is 0.935. The summed E-state index contributed by atoms with van der Waals surface area (Å²) >= 11 is 0. The second kappa shape index (κ2) is 2.45. The van der Waals surface area contributed by atoms with Crippen molar-refractivity contribution >= 4 is 12.4 Å². The highest BCUT2D eigenvalue weighted by Gasteiger charge is 2.44. The predicted octanol–water partition coefficient (Wildman–Crippen LogP) is 0.526. The predicted molar refractivity (Wildman–Crippen MR) is 39.6 cm³/mol. The summed E-state index contributed by atoms with van der Waals surface area (Å²) in [5, 5.41) is 9.07. The zero-order valence-electron chi connectivity index (χ0n) is 5.79. The smallest absolute Gasteiger partial charge is 0.0620 e. The van der Waals surface area contributed by atoms with Gasteiger partial charge in [0.05, 0.1) is 6.10 Å². The summed E-state index contributed by atoms with van der Waals surface area (Å²) < 4.78 is 0. The molecular weight excluding hydrogens is 138 g/mol. The molecule has 9 heavy (non-hydrogen) atoms. The Kier molecular flexibility index (Phi) is 2.50. The lowest BCUT2D eigenvalue weighted by molar-refractivity contribution is -0.0585. The van der Waals surface area contributed by atoms with Crippen LogP contribution in [-0.4, -0.2) is 17.3 Å². The highest BCUT2D eigenvalue weighted by Crippen LogP contribution is 2.38. The Hall–Kier alpha value is 0.210. The maximum atomic E-state index is 9.07. The maximum absolute atomic E-state index is 9.07. The van der Waals surface area contributed by atoms with Gasteiger partial charge in [-0.1, -0.05) is 13.8 Å². The molecule has 0 radical (unpaired) electrons. The Morgan fingerprint density at radius 2 is 2.00 bits per heavy atom. The number of hydrogen-bond acceptors (Lipinski definition) is 2. The van der Waals surface area contributed by atoms with E-state index in [0.717, 1.165) is 6.42 Å². The number of halogens is 1. The molecule has 2 nitrogen and oxygen atoms in total. The number of nitrogens with two attached hydrogens (primary N) is 1. The summed E-state index contributed by atoms with van der Waals surface area (Å²) in [4.78, 5) is 0. The van der Waals surface area contributed by atoms with E-state index in [1.165, 1.54) is 0 Å². The van der Waals surface area contributed by atoms with Crippen molar-refractivity contribution in [3.8, 4) is 0 Å². The fourth-order valence-electron chi connectivity index (χ4n) is 0.935. The van der Waals surface area contributed by atoms with E-state index in [0.29, 0.717) is 0 Å². The molecule has 0 amide bonds. The first-order valence-electron chi connectivity index (χ1n) is 2.99. The summed E-state index contributed by atoms with van der Waals surface area (Å²) in [6.45, 7) is 3.98. The lowest BCUT2D eigenvalue weighted by atomic mass is 9.65. The van der Waals surface area contributed by atoms with E-state index in [1.54, 1.807) is 0 Å². The van der Waals surface area contributed by atoms with Gasteiger partial charge in [-0.2, -0.15) is 0 Å². The van der Waals surface area contributed by atoms with Crippen LogP contribution in [0.3, 0.4) is 0 Å². The minimum absolute atomic E-state index is 0. The third kappa shape index (κ3) is 1.20. The van der Waals surface area contributed by atoms with Gasteiger partial charge in [-0.3, -0.25) is 0 Å². The molecule has 0 saturated heterocycles. The third-order valence-corrected chi connectivity index (χ3v) is 2.29. The van der Waals surface area contributed by atoms with Gasteiger partial charge in [0.2, 0.25) is 0 Å². The first-order chi connectivity index (χ1) is 3.55. The average molecular weight is 152 g/mol. The molecule has 0 aromatic rings. The quantitative estimate of drug-likeness (QED) is 0.531. The van der Waals surface area contributed by atoms with Crippen LogP contribution in [0.2, 0.25) is 0 Å². The standard InChI is InChI=1S/C6H13NO.ClH/c1-6(2)4(7)3-5(6)8;/h4-5,8H,3,7H2,1-2H3;1H. The zero-order valence-corrected chi connectivity index (χ0v) is 6.61. The number of aliphatic hydroxyl groups excluding tert-OH is 1. The molecule has 1 aliphatic carbocycles. The Balaban J connectivity index is 0.000000640. The van der Waals surface area contributed by atoms with Gasteiger partial charge < -0.3 is 10.8 Å². The van der Waals surface area contributed by atoms with Crippen molar-refractivity contribution < 1.29 is 5.11 Å². The van der Waals surface area contributed by atoms with Crippen molar-refractivity contribution in [3.63, 3.8) is 0 Å². The summed E-state index contributed by atoms with van der Waals surface area (Å²) in [5.74, 6) is 0. The van der Waals surface area contributed by atoms with Crippen LogP contribution < -0.4 is 5.73 Å². The van der Waals surface area contributed by atoms with Gasteiger partial charge in [0.1, 0.15) is 0 Å². The molecule has 2 atom stereocenters. The number of rotatable bonds is 0. The average Bonchev–Trinajstić information content (AvgIpc) is 1.68. The Morgan fingerprint density at radius 3 is 2.00 bits per heavy atom. The topological polar surface area (TPSA) is 46.2 Å². The van der Waals surface area contributed by atoms with Crippen LogP contribution >= 0.6 is 12.4 Å². The summed E-state index contributed by atoms with van der Waals surface area (Å²) in [7, 11) is 0. The molecule has 0 aromatic heterocycles. The molecule has 0 aromatic carbocycles. The van der Waals surface area contributed by atoms with Crippen LogP contribution in [0.5, 0.6) is 0 Å². The largest absolute Gasteiger partial charge is 0.392 e. The zero-order chi connectivity index (χ0) is 6.36. The first kappa shape index (κ1) is 9.21. The van der Waals surface area contributed by atoms with Crippen LogP contribution in [-0.2, 0) is 0 Å². The lowest BCUT2D eigenvalue weighted by Gasteiger charge is -2.47. The molecule has 0 bridgehead atoms. The molecule has 1 fully saturated rings. The van der Waals surface area contributed by atoms with E-state index in [9.17, 15) is 0 Å². The van der Waals surface area contributed by atoms with E-state index in [4.69, 9.17) is 10.8 Å². The molecule has 1 aliphatic rings. The van der Waals surface area contributed by atoms with Crippen molar-refractivity contribution in [1.29, 1.82) is 0 Å². The van der Waals surface area contributed by atoms with Crippen LogP contribution in [0, 0.1) is 5.41 Å². The van der Waals surface area contributed by atoms with Crippen LogP contribution in [0.25, 0.3) is 0 Å². The van der Waals surface area contributed by atoms with Gasteiger partial charge in [-0.15, -0.1) is 12.4 Å². The maximum Gasteiger partial charge on any atom is 0.0620 e. The van der Waals surface area contributed by atoms with Gasteiger partial charge >= 0.3 is 0 Å². The van der Waals surface area contributed by atoms with E-state index >= 15 is 0 Å². The van der Waals surface area contributed by atoms with E-state index < -0.39 is 0 Å². The first-order valence-corrected chi connectivity index (χ1v) is 2.99. The lowest BCUT2D eigenvalue weighted by Crippen LogP contribution is -2.57. The molecule has 56 valence electrons. The van der Waals surface area contributed by atoms with Crippen molar-refractivity contribution in [2.45, 2.75) is 32.4 Å². The number of aliphatic hydroxyl groups is 1. The van der Waals surface area contributed by atoms with Crippen molar-refractivity contribution in [3.05, 3.63) is 0 Å². The molecule has 1 rings (SSSR count). The molecular formula is C6H14ClNO. The monoisotopic (exact) mass is 151 g/mol. The summed E-state index contributed by atoms with van der Waals surface area (Å²) in [6, 6.07) is 0.206. The number of hydrogen-bond donors (Lipinski definition) is 2.